The summed E-state index contributed by atoms with van der Waals surface area (Å²) in [6.45, 7) is 7.64. The van der Waals surface area contributed by atoms with Crippen molar-refractivity contribution in [1.82, 2.24) is 4.90 Å². The van der Waals surface area contributed by atoms with E-state index in [2.05, 4.69) is 34.7 Å². The van der Waals surface area contributed by atoms with Gasteiger partial charge in [0.2, 0.25) is 0 Å². The predicted molar refractivity (Wildman–Crippen MR) is 73.1 cm³/mol. The summed E-state index contributed by atoms with van der Waals surface area (Å²) in [6.07, 6.45) is 5.95. The number of aliphatic hydroxyl groups is 1. The molecule has 1 atom stereocenters. The third kappa shape index (κ3) is 4.01. The minimum absolute atomic E-state index is 0.0868. The van der Waals surface area contributed by atoms with Gasteiger partial charge < -0.3 is 10.0 Å². The van der Waals surface area contributed by atoms with Crippen LogP contribution < -0.4 is 0 Å². The summed E-state index contributed by atoms with van der Waals surface area (Å²) in [6, 6.07) is 0. The lowest BCUT2D eigenvalue weighted by Gasteiger charge is -2.35. The first-order chi connectivity index (χ1) is 7.65. The van der Waals surface area contributed by atoms with Gasteiger partial charge in [-0.05, 0) is 24.7 Å². The molecule has 0 aromatic carbocycles. The van der Waals surface area contributed by atoms with Crippen LogP contribution in [-0.2, 0) is 0 Å². The van der Waals surface area contributed by atoms with Gasteiger partial charge in [-0.25, -0.2) is 0 Å². The third-order valence-electron chi connectivity index (χ3n) is 3.65. The fourth-order valence-electron chi connectivity index (χ4n) is 2.95. The van der Waals surface area contributed by atoms with Crippen LogP contribution in [0, 0.1) is 5.41 Å². The van der Waals surface area contributed by atoms with E-state index in [-0.39, 0.29) is 6.10 Å². The van der Waals surface area contributed by atoms with Crippen molar-refractivity contribution in [1.29, 1.82) is 0 Å². The highest BCUT2D eigenvalue weighted by atomic mass is 79.9. The molecule has 1 unspecified atom stereocenters. The maximum Gasteiger partial charge on any atom is 0.0679 e. The second-order valence-corrected chi connectivity index (χ2v) is 5.87. The van der Waals surface area contributed by atoms with Crippen molar-refractivity contribution in [3.05, 3.63) is 0 Å². The summed E-state index contributed by atoms with van der Waals surface area (Å²) < 4.78 is 0. The summed E-state index contributed by atoms with van der Waals surface area (Å²) in [7, 11) is 0. The Morgan fingerprint density at radius 2 is 1.94 bits per heavy atom. The van der Waals surface area contributed by atoms with E-state index in [1.54, 1.807) is 0 Å². The van der Waals surface area contributed by atoms with Crippen molar-refractivity contribution in [2.45, 2.75) is 52.1 Å². The zero-order valence-electron chi connectivity index (χ0n) is 10.7. The van der Waals surface area contributed by atoms with Crippen LogP contribution in [0.15, 0.2) is 0 Å². The zero-order chi connectivity index (χ0) is 12.0. The van der Waals surface area contributed by atoms with E-state index in [0.717, 1.165) is 31.4 Å². The fourth-order valence-corrected chi connectivity index (χ4v) is 3.69. The molecule has 0 spiro atoms. The molecule has 0 bridgehead atoms. The molecule has 1 aliphatic rings. The molecule has 0 radical (unpaired) electrons. The van der Waals surface area contributed by atoms with Crippen molar-refractivity contribution in [3.8, 4) is 0 Å². The molecule has 0 amide bonds. The van der Waals surface area contributed by atoms with Gasteiger partial charge in [0, 0.05) is 25.0 Å². The monoisotopic (exact) mass is 291 g/mol. The highest BCUT2D eigenvalue weighted by Gasteiger charge is 2.32. The zero-order valence-corrected chi connectivity index (χ0v) is 12.3. The van der Waals surface area contributed by atoms with Crippen molar-refractivity contribution < 1.29 is 5.11 Å². The van der Waals surface area contributed by atoms with Crippen LogP contribution in [0.1, 0.15) is 46.0 Å². The van der Waals surface area contributed by atoms with Crippen LogP contribution in [0.2, 0.25) is 0 Å². The molecule has 96 valence electrons. The molecule has 2 nitrogen and oxygen atoms in total. The minimum Gasteiger partial charge on any atom is -0.392 e. The molecule has 1 rings (SSSR count). The maximum absolute atomic E-state index is 9.58. The lowest BCUT2D eigenvalue weighted by molar-refractivity contribution is 0.139. The van der Waals surface area contributed by atoms with E-state index >= 15 is 0 Å². The van der Waals surface area contributed by atoms with Crippen LogP contribution in [-0.4, -0.2) is 41.1 Å². The molecule has 1 saturated heterocycles. The normalized spacial score (nSPS) is 22.9. The van der Waals surface area contributed by atoms with Crippen molar-refractivity contribution in [2.75, 3.05) is 25.0 Å². The van der Waals surface area contributed by atoms with Crippen LogP contribution in [0.3, 0.4) is 0 Å². The van der Waals surface area contributed by atoms with Gasteiger partial charge in [0.1, 0.15) is 0 Å². The number of hydrogen-bond donors (Lipinski definition) is 1. The number of aliphatic hydroxyl groups excluding tert-OH is 1. The van der Waals surface area contributed by atoms with E-state index in [0.29, 0.717) is 5.41 Å². The summed E-state index contributed by atoms with van der Waals surface area (Å²) in [5.41, 5.74) is 0.424. The molecule has 0 aliphatic carbocycles. The first kappa shape index (κ1) is 14.5. The number of hydrogen-bond acceptors (Lipinski definition) is 2. The molecule has 3 heteroatoms. The summed E-state index contributed by atoms with van der Waals surface area (Å²) in [4.78, 5) is 2.44. The molecule has 16 heavy (non-hydrogen) atoms. The SMILES string of the molecule is CCCC(CBr)(CCC)CN1CCC(O)C1. The number of rotatable bonds is 7. The van der Waals surface area contributed by atoms with Crippen molar-refractivity contribution in [2.24, 2.45) is 5.41 Å². The van der Waals surface area contributed by atoms with Crippen LogP contribution >= 0.6 is 15.9 Å². The first-order valence-corrected chi connectivity index (χ1v) is 7.74. The number of halogens is 1. The smallest absolute Gasteiger partial charge is 0.0679 e. The summed E-state index contributed by atoms with van der Waals surface area (Å²) >= 11 is 3.71. The fraction of sp³-hybridized carbons (Fsp3) is 1.00. The Kier molecular flexibility index (Phi) is 6.30. The highest BCUT2D eigenvalue weighted by Crippen LogP contribution is 2.34. The molecular formula is C13H26BrNO. The highest BCUT2D eigenvalue weighted by molar-refractivity contribution is 9.09. The Labute approximate surface area is 109 Å². The summed E-state index contributed by atoms with van der Waals surface area (Å²) in [5, 5.41) is 10.7. The number of nitrogens with zero attached hydrogens (tertiary/aromatic N) is 1. The van der Waals surface area contributed by atoms with E-state index in [4.69, 9.17) is 0 Å². The van der Waals surface area contributed by atoms with E-state index in [1.165, 1.54) is 25.7 Å². The Bertz CT molecular complexity index is 192. The van der Waals surface area contributed by atoms with E-state index in [1.807, 2.05) is 0 Å². The standard InChI is InChI=1S/C13H26BrNO/c1-3-6-13(10-14,7-4-2)11-15-8-5-12(16)9-15/h12,16H,3-11H2,1-2H3. The van der Waals surface area contributed by atoms with Gasteiger partial charge in [-0.15, -0.1) is 0 Å². The molecule has 1 aliphatic heterocycles. The van der Waals surface area contributed by atoms with E-state index in [9.17, 15) is 5.11 Å². The van der Waals surface area contributed by atoms with Gasteiger partial charge in [0.15, 0.2) is 0 Å². The van der Waals surface area contributed by atoms with Gasteiger partial charge in [-0.2, -0.15) is 0 Å². The molecule has 1 fully saturated rings. The quantitative estimate of drug-likeness (QED) is 0.729. The van der Waals surface area contributed by atoms with Crippen LogP contribution in [0.5, 0.6) is 0 Å². The molecule has 0 aromatic heterocycles. The van der Waals surface area contributed by atoms with Gasteiger partial charge in [0.25, 0.3) is 0 Å². The van der Waals surface area contributed by atoms with Crippen molar-refractivity contribution >= 4 is 15.9 Å². The predicted octanol–water partition coefficient (Wildman–Crippen LogP) is 3.03. The second kappa shape index (κ2) is 6.97. The van der Waals surface area contributed by atoms with Crippen molar-refractivity contribution in [3.63, 3.8) is 0 Å². The number of likely N-dealkylation sites (tertiary alicyclic amines) is 1. The molecular weight excluding hydrogens is 266 g/mol. The van der Waals surface area contributed by atoms with Gasteiger partial charge in [0.05, 0.1) is 6.10 Å². The van der Waals surface area contributed by atoms with Crippen LogP contribution in [0.4, 0.5) is 0 Å². The third-order valence-corrected chi connectivity index (χ3v) is 4.84. The van der Waals surface area contributed by atoms with Gasteiger partial charge in [-0.3, -0.25) is 0 Å². The van der Waals surface area contributed by atoms with Crippen LogP contribution in [0.25, 0.3) is 0 Å². The average molecular weight is 292 g/mol. The molecule has 1 heterocycles. The molecule has 0 saturated carbocycles. The van der Waals surface area contributed by atoms with Gasteiger partial charge >= 0.3 is 0 Å². The minimum atomic E-state index is -0.0868. The van der Waals surface area contributed by atoms with E-state index < -0.39 is 0 Å². The lowest BCUT2D eigenvalue weighted by Crippen LogP contribution is -2.38. The Balaban J connectivity index is 2.54. The number of β-amino-alcohol motifs (C(OH)–C–C–N with tert-alkyl or cyclic N) is 1. The average Bonchev–Trinajstić information content (AvgIpc) is 2.64. The first-order valence-electron chi connectivity index (χ1n) is 6.62. The summed E-state index contributed by atoms with van der Waals surface area (Å²) in [5.74, 6) is 0. The molecule has 0 aromatic rings. The Morgan fingerprint density at radius 3 is 2.31 bits per heavy atom. The van der Waals surface area contributed by atoms with Gasteiger partial charge in [-0.1, -0.05) is 42.6 Å². The second-order valence-electron chi connectivity index (χ2n) is 5.31. The lowest BCUT2D eigenvalue weighted by atomic mass is 9.81. The maximum atomic E-state index is 9.58. The Hall–Kier alpha value is 0.400. The number of alkyl halides is 1. The topological polar surface area (TPSA) is 23.5 Å². The molecule has 1 N–H and O–H groups in total. The Morgan fingerprint density at radius 1 is 1.31 bits per heavy atom. The largest absolute Gasteiger partial charge is 0.392 e.